The maximum absolute atomic E-state index is 11.8. The molecular weight excluding hydrogens is 237 g/mol. The molecule has 0 amide bonds. The molecule has 1 aromatic rings. The van der Waals surface area contributed by atoms with Crippen LogP contribution in [0.15, 0.2) is 18.2 Å². The van der Waals surface area contributed by atoms with Gasteiger partial charge in [-0.15, -0.1) is 13.2 Å². The van der Waals surface area contributed by atoms with Crippen LogP contribution >= 0.6 is 11.6 Å². The molecular formula is C8H4ClF3O3. The van der Waals surface area contributed by atoms with Crippen LogP contribution in [0.4, 0.5) is 13.2 Å². The first-order valence-corrected chi connectivity index (χ1v) is 3.96. The molecule has 0 unspecified atom stereocenters. The molecule has 0 aliphatic heterocycles. The van der Waals surface area contributed by atoms with Crippen molar-refractivity contribution in [2.45, 2.75) is 6.36 Å². The van der Waals surface area contributed by atoms with Gasteiger partial charge < -0.3 is 9.84 Å². The molecule has 0 spiro atoms. The summed E-state index contributed by atoms with van der Waals surface area (Å²) in [6.07, 6.45) is -4.92. The van der Waals surface area contributed by atoms with E-state index in [1.165, 1.54) is 0 Å². The summed E-state index contributed by atoms with van der Waals surface area (Å²) in [7, 11) is 0. The van der Waals surface area contributed by atoms with Gasteiger partial charge in [0.2, 0.25) is 0 Å². The molecule has 1 aromatic carbocycles. The molecule has 1 rings (SSSR count). The Hall–Kier alpha value is -1.43. The van der Waals surface area contributed by atoms with E-state index in [1.54, 1.807) is 0 Å². The van der Waals surface area contributed by atoms with Gasteiger partial charge in [0.05, 0.1) is 5.56 Å². The van der Waals surface area contributed by atoms with E-state index in [1.807, 2.05) is 0 Å². The SMILES string of the molecule is O=C(Cl)c1cc(O)ccc1OC(F)(F)F. The zero-order chi connectivity index (χ0) is 11.6. The number of hydrogen-bond acceptors (Lipinski definition) is 3. The van der Waals surface area contributed by atoms with Crippen molar-refractivity contribution < 1.29 is 27.8 Å². The third-order valence-electron chi connectivity index (χ3n) is 1.40. The second-order valence-corrected chi connectivity index (χ2v) is 2.85. The molecule has 3 nitrogen and oxygen atoms in total. The van der Waals surface area contributed by atoms with Crippen LogP contribution < -0.4 is 4.74 Å². The Balaban J connectivity index is 3.12. The molecule has 0 radical (unpaired) electrons. The van der Waals surface area contributed by atoms with E-state index in [2.05, 4.69) is 4.74 Å². The number of alkyl halides is 3. The lowest BCUT2D eigenvalue weighted by molar-refractivity contribution is -0.274. The number of carbonyl (C=O) groups is 1. The molecule has 1 N–H and O–H groups in total. The average molecular weight is 241 g/mol. The lowest BCUT2D eigenvalue weighted by Gasteiger charge is -2.11. The minimum absolute atomic E-state index is 0.381. The van der Waals surface area contributed by atoms with Crippen LogP contribution in [0.3, 0.4) is 0 Å². The molecule has 0 heterocycles. The van der Waals surface area contributed by atoms with E-state index in [0.29, 0.717) is 0 Å². The zero-order valence-corrected chi connectivity index (χ0v) is 7.76. The van der Waals surface area contributed by atoms with Crippen molar-refractivity contribution in [3.8, 4) is 11.5 Å². The second-order valence-electron chi connectivity index (χ2n) is 2.50. The van der Waals surface area contributed by atoms with Crippen LogP contribution in [0.2, 0.25) is 0 Å². The summed E-state index contributed by atoms with van der Waals surface area (Å²) in [6.45, 7) is 0. The highest BCUT2D eigenvalue weighted by molar-refractivity contribution is 6.68. The van der Waals surface area contributed by atoms with Crippen LogP contribution in [0.25, 0.3) is 0 Å². The molecule has 15 heavy (non-hydrogen) atoms. The Bertz CT molecular complexity index is 389. The highest BCUT2D eigenvalue weighted by atomic mass is 35.5. The molecule has 82 valence electrons. The van der Waals surface area contributed by atoms with Crippen LogP contribution in [0, 0.1) is 0 Å². The first-order chi connectivity index (χ1) is 6.79. The van der Waals surface area contributed by atoms with Gasteiger partial charge >= 0.3 is 6.36 Å². The average Bonchev–Trinajstić information content (AvgIpc) is 2.05. The minimum atomic E-state index is -4.92. The van der Waals surface area contributed by atoms with E-state index < -0.39 is 22.9 Å². The molecule has 0 fully saturated rings. The lowest BCUT2D eigenvalue weighted by atomic mass is 10.2. The Morgan fingerprint density at radius 1 is 1.40 bits per heavy atom. The number of phenolic OH excluding ortho intramolecular Hbond substituents is 1. The molecule has 0 aliphatic carbocycles. The van der Waals surface area contributed by atoms with Crippen molar-refractivity contribution in [2.24, 2.45) is 0 Å². The Labute approximate surface area is 87.0 Å². The number of halogens is 4. The Morgan fingerprint density at radius 3 is 2.47 bits per heavy atom. The van der Waals surface area contributed by atoms with Gasteiger partial charge in [-0.1, -0.05) is 0 Å². The first-order valence-electron chi connectivity index (χ1n) is 3.58. The van der Waals surface area contributed by atoms with Crippen molar-refractivity contribution in [2.75, 3.05) is 0 Å². The predicted molar refractivity (Wildman–Crippen MR) is 45.0 cm³/mol. The zero-order valence-electron chi connectivity index (χ0n) is 7.01. The van der Waals surface area contributed by atoms with Crippen LogP contribution in [0.5, 0.6) is 11.5 Å². The quantitative estimate of drug-likeness (QED) is 0.809. The molecule has 0 aromatic heterocycles. The fraction of sp³-hybridized carbons (Fsp3) is 0.125. The number of carbonyl (C=O) groups excluding carboxylic acids is 1. The monoisotopic (exact) mass is 240 g/mol. The van der Waals surface area contributed by atoms with Crippen molar-refractivity contribution in [1.82, 2.24) is 0 Å². The maximum atomic E-state index is 11.8. The number of ether oxygens (including phenoxy) is 1. The summed E-state index contributed by atoms with van der Waals surface area (Å²) in [5, 5.41) is 7.79. The third-order valence-corrected chi connectivity index (χ3v) is 1.60. The summed E-state index contributed by atoms with van der Waals surface area (Å²) < 4.78 is 39.1. The van der Waals surface area contributed by atoms with Crippen molar-refractivity contribution in [3.63, 3.8) is 0 Å². The molecule has 0 aliphatic rings. The first kappa shape index (κ1) is 11.6. The van der Waals surface area contributed by atoms with Gasteiger partial charge in [0.1, 0.15) is 11.5 Å². The Morgan fingerprint density at radius 2 is 2.00 bits per heavy atom. The standard InChI is InChI=1S/C8H4ClF3O3/c9-7(14)5-3-4(13)1-2-6(5)15-8(10,11)12/h1-3,13H. The second kappa shape index (κ2) is 3.98. The fourth-order valence-corrected chi connectivity index (χ4v) is 1.03. The van der Waals surface area contributed by atoms with Gasteiger partial charge in [0.15, 0.2) is 0 Å². The van der Waals surface area contributed by atoms with Gasteiger partial charge in [0, 0.05) is 0 Å². The van der Waals surface area contributed by atoms with Gasteiger partial charge in [-0.3, -0.25) is 4.79 Å². The Kier molecular flexibility index (Phi) is 3.09. The number of aromatic hydroxyl groups is 1. The van der Waals surface area contributed by atoms with Gasteiger partial charge in [-0.25, -0.2) is 0 Å². The van der Waals surface area contributed by atoms with E-state index in [0.717, 1.165) is 18.2 Å². The molecule has 0 atom stereocenters. The van der Waals surface area contributed by atoms with Gasteiger partial charge in [-0.05, 0) is 29.8 Å². The van der Waals surface area contributed by atoms with Crippen LogP contribution in [-0.2, 0) is 0 Å². The summed E-state index contributed by atoms with van der Waals surface area (Å²) in [4.78, 5) is 10.7. The number of rotatable bonds is 2. The summed E-state index contributed by atoms with van der Waals surface area (Å²) >= 11 is 5.01. The van der Waals surface area contributed by atoms with Crippen molar-refractivity contribution in [1.29, 1.82) is 0 Å². The van der Waals surface area contributed by atoms with Crippen molar-refractivity contribution in [3.05, 3.63) is 23.8 Å². The highest BCUT2D eigenvalue weighted by Crippen LogP contribution is 2.29. The largest absolute Gasteiger partial charge is 0.573 e. The number of hydrogen-bond donors (Lipinski definition) is 1. The van der Waals surface area contributed by atoms with Gasteiger partial charge in [0.25, 0.3) is 5.24 Å². The van der Waals surface area contributed by atoms with E-state index in [-0.39, 0.29) is 5.75 Å². The molecule has 7 heteroatoms. The number of benzene rings is 1. The van der Waals surface area contributed by atoms with Crippen LogP contribution in [0.1, 0.15) is 10.4 Å². The minimum Gasteiger partial charge on any atom is -0.508 e. The fourth-order valence-electron chi connectivity index (χ4n) is 0.885. The summed E-state index contributed by atoms with van der Waals surface area (Å²) in [5.41, 5.74) is -0.547. The topological polar surface area (TPSA) is 46.5 Å². The molecule has 0 bridgehead atoms. The molecule has 0 saturated carbocycles. The van der Waals surface area contributed by atoms with Gasteiger partial charge in [-0.2, -0.15) is 0 Å². The maximum Gasteiger partial charge on any atom is 0.573 e. The number of phenols is 1. The van der Waals surface area contributed by atoms with Crippen molar-refractivity contribution >= 4 is 16.8 Å². The summed E-state index contributed by atoms with van der Waals surface area (Å²) in [5.74, 6) is -1.13. The highest BCUT2D eigenvalue weighted by Gasteiger charge is 2.32. The third kappa shape index (κ3) is 3.32. The smallest absolute Gasteiger partial charge is 0.508 e. The molecule has 0 saturated heterocycles. The van der Waals surface area contributed by atoms with E-state index >= 15 is 0 Å². The summed E-state index contributed by atoms with van der Waals surface area (Å²) in [6, 6.07) is 2.54. The van der Waals surface area contributed by atoms with E-state index in [9.17, 15) is 18.0 Å². The van der Waals surface area contributed by atoms with Crippen LogP contribution in [-0.4, -0.2) is 16.7 Å². The normalized spacial score (nSPS) is 11.2. The predicted octanol–water partition coefficient (Wildman–Crippen LogP) is 2.67. The van der Waals surface area contributed by atoms with E-state index in [4.69, 9.17) is 16.7 Å². The lowest BCUT2D eigenvalue weighted by Crippen LogP contribution is -2.18.